The molecule has 3 atom stereocenters. The number of unbranched alkanes of at least 4 members (excludes halogenated alkanes) is 2. The molecule has 1 heterocycles. The second-order valence-electron chi connectivity index (χ2n) is 10.7. The Morgan fingerprint density at radius 1 is 1.14 bits per heavy atom. The number of thioether (sulfide) groups is 1. The van der Waals surface area contributed by atoms with Gasteiger partial charge in [-0.25, -0.2) is 0 Å². The fourth-order valence-electron chi connectivity index (χ4n) is 5.03. The van der Waals surface area contributed by atoms with Gasteiger partial charge in [0.2, 0.25) is 0 Å². The monoisotopic (exact) mass is 688 g/mol. The van der Waals surface area contributed by atoms with Crippen LogP contribution in [0.25, 0.3) is 0 Å². The van der Waals surface area contributed by atoms with Gasteiger partial charge in [0, 0.05) is 5.92 Å². The van der Waals surface area contributed by atoms with E-state index in [1.165, 1.54) is 73.8 Å². The van der Waals surface area contributed by atoms with Gasteiger partial charge in [0.15, 0.2) is 0 Å². The molecule has 2 N–H and O–H groups in total. The molecule has 3 nitrogen and oxygen atoms in total. The van der Waals surface area contributed by atoms with Crippen LogP contribution in [0.3, 0.4) is 0 Å². The average molecular weight is 688 g/mol. The van der Waals surface area contributed by atoms with Crippen LogP contribution >= 0.6 is 11.8 Å². The van der Waals surface area contributed by atoms with Crippen LogP contribution in [0.1, 0.15) is 108 Å². The molecule has 1 aromatic carbocycles. The van der Waals surface area contributed by atoms with Crippen LogP contribution in [0.2, 0.25) is 4.82 Å². The van der Waals surface area contributed by atoms with E-state index in [1.807, 2.05) is 24.8 Å². The van der Waals surface area contributed by atoms with Crippen molar-refractivity contribution in [3.63, 3.8) is 0 Å². The molecule has 247 valence electrons. The third-order valence-corrected chi connectivity index (χ3v) is 9.35. The van der Waals surface area contributed by atoms with Crippen LogP contribution in [0, 0.1) is 6.92 Å². The zero-order valence-corrected chi connectivity index (χ0v) is 31.5. The van der Waals surface area contributed by atoms with Gasteiger partial charge in [-0.3, -0.25) is 0 Å². The summed E-state index contributed by atoms with van der Waals surface area (Å²) < 4.78 is 5.02. The maximum atomic E-state index is 7.33. The van der Waals surface area contributed by atoms with Crippen molar-refractivity contribution >= 4 is 27.8 Å². The van der Waals surface area contributed by atoms with Crippen LogP contribution in [-0.2, 0) is 17.6 Å². The van der Waals surface area contributed by atoms with Crippen molar-refractivity contribution < 1.29 is 9.84 Å². The van der Waals surface area contributed by atoms with E-state index in [-0.39, 0.29) is 0 Å². The topological polar surface area (TPSA) is 41.5 Å². The van der Waals surface area contributed by atoms with E-state index in [2.05, 4.69) is 120 Å². The number of hydrogen-bond donors (Lipinski definition) is 2. The van der Waals surface area contributed by atoms with Crippen molar-refractivity contribution in [3.05, 3.63) is 120 Å². The molecule has 2 aliphatic rings. The van der Waals surface area contributed by atoms with Gasteiger partial charge in [0.05, 0.1) is 6.26 Å². The van der Waals surface area contributed by atoms with Gasteiger partial charge in [-0.05, 0) is 81.5 Å². The minimum Gasteiger partial charge on any atom is -0.0781 e. The summed E-state index contributed by atoms with van der Waals surface area (Å²) in [5.74, 6) is 0.665. The van der Waals surface area contributed by atoms with Crippen molar-refractivity contribution in [1.82, 2.24) is 5.32 Å². The molecular formula is C39H62NO2SSe. The first-order valence-corrected chi connectivity index (χ1v) is 17.8. The Labute approximate surface area is 284 Å². The number of aliphatic hydroxyl groups excluding tert-OH is 1. The molecule has 0 amide bonds. The van der Waals surface area contributed by atoms with E-state index in [4.69, 9.17) is 9.84 Å². The standard InChI is InChI=1S/C21H32.C11H16NOSSe.C3H6.C2H4O.C2H4/c1-5-7-8-11-18-14-17(4)21(19(6-2)15-18)20-12-9-10-16(3)13-20;1-4-13-7-5-6-10-8(2)12-11(14-10)9(3)15;1-3-2;1-2-3;1-2/h13-15,20H,5-12H2,1-4H3;4-6,9,11-12H,1,7H2,2-3H3;3H,1H2,2H3;2-3H,1H2;1-2H2/b;6-5+;;;. The molecule has 0 spiro atoms. The Morgan fingerprint density at radius 2 is 1.77 bits per heavy atom. The van der Waals surface area contributed by atoms with E-state index >= 15 is 0 Å². The first-order chi connectivity index (χ1) is 21.1. The second-order valence-corrected chi connectivity index (χ2v) is 13.4. The predicted octanol–water partition coefficient (Wildman–Crippen LogP) is 11.8. The SMILES string of the molecule is C=C.C=CC.C=CO.C=COC/C=C/C1=C(C)NC(C(C)[Se])S1.CCCCCc1cc(C)c(C2C=C(C)CCC2)c(CC)c1. The summed E-state index contributed by atoms with van der Waals surface area (Å²) in [5, 5.41) is 11.2. The maximum Gasteiger partial charge on any atom is 0.00260 e. The number of rotatable bonds is 11. The van der Waals surface area contributed by atoms with Gasteiger partial charge >= 0.3 is 104 Å². The molecule has 0 fully saturated rings. The quantitative estimate of drug-likeness (QED) is 0.105. The van der Waals surface area contributed by atoms with Gasteiger partial charge in [0.25, 0.3) is 0 Å². The number of ether oxygens (including phenoxy) is 1. The van der Waals surface area contributed by atoms with Crippen LogP contribution in [0.15, 0.2) is 98.0 Å². The van der Waals surface area contributed by atoms with Crippen LogP contribution in [0.5, 0.6) is 0 Å². The van der Waals surface area contributed by atoms with Gasteiger partial charge in [-0.1, -0.05) is 63.1 Å². The zero-order valence-electron chi connectivity index (χ0n) is 28.9. The van der Waals surface area contributed by atoms with E-state index in [1.54, 1.807) is 28.3 Å². The van der Waals surface area contributed by atoms with Crippen molar-refractivity contribution in [2.45, 2.75) is 116 Å². The number of allylic oxidation sites excluding steroid dienone is 5. The molecule has 0 aromatic heterocycles. The molecular weight excluding hydrogens is 625 g/mol. The van der Waals surface area contributed by atoms with E-state index < -0.39 is 0 Å². The van der Waals surface area contributed by atoms with Crippen molar-refractivity contribution in [2.24, 2.45) is 0 Å². The molecule has 0 bridgehead atoms. The molecule has 0 saturated heterocycles. The molecule has 44 heavy (non-hydrogen) atoms. The summed E-state index contributed by atoms with van der Waals surface area (Å²) in [7, 11) is 0. The van der Waals surface area contributed by atoms with Crippen LogP contribution < -0.4 is 5.32 Å². The summed E-state index contributed by atoms with van der Waals surface area (Å²) in [5.41, 5.74) is 9.13. The molecule has 1 aromatic rings. The van der Waals surface area contributed by atoms with Gasteiger partial charge in [-0.2, -0.15) is 0 Å². The van der Waals surface area contributed by atoms with Crippen LogP contribution in [0.4, 0.5) is 0 Å². The minimum atomic E-state index is 0.449. The molecule has 1 aliphatic carbocycles. The Balaban J connectivity index is 0. The predicted molar refractivity (Wildman–Crippen MR) is 202 cm³/mol. The van der Waals surface area contributed by atoms with Gasteiger partial charge in [0.1, 0.15) is 0 Å². The number of nitrogens with one attached hydrogen (secondary N) is 1. The molecule has 3 rings (SSSR count). The van der Waals surface area contributed by atoms with Gasteiger partial charge < -0.3 is 5.11 Å². The van der Waals surface area contributed by atoms with Crippen molar-refractivity contribution in [3.8, 4) is 0 Å². The first-order valence-electron chi connectivity index (χ1n) is 15.9. The zero-order chi connectivity index (χ0) is 33.9. The molecule has 5 heteroatoms. The second kappa shape index (κ2) is 28.2. The van der Waals surface area contributed by atoms with E-state index in [0.29, 0.717) is 22.7 Å². The molecule has 3 unspecified atom stereocenters. The number of aryl methyl sites for hydroxylation is 3. The summed E-state index contributed by atoms with van der Waals surface area (Å²) in [4.78, 5) is 1.80. The normalized spacial score (nSPS) is 17.4. The number of benzene rings is 1. The van der Waals surface area contributed by atoms with Gasteiger partial charge in [-0.15, -0.1) is 19.7 Å². The first kappa shape index (κ1) is 43.8. The van der Waals surface area contributed by atoms with Crippen molar-refractivity contribution in [1.29, 1.82) is 0 Å². The third-order valence-electron chi connectivity index (χ3n) is 6.91. The fourth-order valence-corrected chi connectivity index (χ4v) is 6.64. The summed E-state index contributed by atoms with van der Waals surface area (Å²) in [6.45, 7) is 31.7. The Morgan fingerprint density at radius 3 is 2.27 bits per heavy atom. The average Bonchev–Trinajstić information content (AvgIpc) is 3.38. The minimum absolute atomic E-state index is 0.449. The molecule has 1 radical (unpaired) electrons. The largest absolute Gasteiger partial charge is 0.0781 e. The Kier molecular flexibility index (Phi) is 28.0. The van der Waals surface area contributed by atoms with Crippen molar-refractivity contribution in [2.75, 3.05) is 6.61 Å². The Bertz CT molecular complexity index is 1030. The van der Waals surface area contributed by atoms with E-state index in [9.17, 15) is 0 Å². The van der Waals surface area contributed by atoms with E-state index in [0.717, 1.165) is 6.26 Å². The smallest absolute Gasteiger partial charge is 0.00260 e. The third kappa shape index (κ3) is 18.5. The van der Waals surface area contributed by atoms with Crippen LogP contribution in [-0.4, -0.2) is 33.1 Å². The summed E-state index contributed by atoms with van der Waals surface area (Å²) in [6.07, 6.45) is 21.0. The summed E-state index contributed by atoms with van der Waals surface area (Å²) in [6, 6.07) is 4.96. The maximum absolute atomic E-state index is 7.33. The summed E-state index contributed by atoms with van der Waals surface area (Å²) >= 11 is 4.98. The molecule has 1 aliphatic heterocycles. The number of hydrogen-bond acceptors (Lipinski definition) is 4. The Hall–Kier alpha value is -2.33. The fraction of sp³-hybridized carbons (Fsp3) is 0.487. The number of aliphatic hydroxyl groups is 1. The molecule has 0 saturated carbocycles.